The van der Waals surface area contributed by atoms with Gasteiger partial charge in [0.05, 0.1) is 0 Å². The summed E-state index contributed by atoms with van der Waals surface area (Å²) in [7, 11) is 4.22. The number of ether oxygens (including phenoxy) is 6. The molecule has 0 aliphatic carbocycles. The van der Waals surface area contributed by atoms with Gasteiger partial charge >= 0.3 is 0 Å². The standard InChI is InChI=1S/C27H40O6Si4/c1-28-25(29-2,34-22-16-10-7-11-17-22)37(26(30-3,31-4)35-23-18-12-8-13-19-23)27(32-5,33-6)36-24-20-14-9-15-21-24/h7-21,37H,34-36H2,1-6H3. The van der Waals surface area contributed by atoms with Crippen molar-refractivity contribution in [2.45, 2.75) is 15.1 Å². The van der Waals surface area contributed by atoms with Gasteiger partial charge < -0.3 is 28.4 Å². The van der Waals surface area contributed by atoms with E-state index in [1.54, 1.807) is 42.7 Å². The Balaban J connectivity index is 2.28. The van der Waals surface area contributed by atoms with Crippen LogP contribution in [0.15, 0.2) is 91.0 Å². The highest BCUT2D eigenvalue weighted by molar-refractivity contribution is 6.94. The summed E-state index contributed by atoms with van der Waals surface area (Å²) in [5.41, 5.74) is 0. The van der Waals surface area contributed by atoms with Gasteiger partial charge in [0.1, 0.15) is 43.7 Å². The molecule has 0 N–H and O–H groups in total. The van der Waals surface area contributed by atoms with E-state index in [-0.39, 0.29) is 0 Å². The Morgan fingerprint density at radius 2 is 0.622 bits per heavy atom. The van der Waals surface area contributed by atoms with Crippen LogP contribution in [-0.4, -0.2) is 95.1 Å². The zero-order chi connectivity index (χ0) is 26.8. The van der Waals surface area contributed by atoms with Crippen molar-refractivity contribution in [3.8, 4) is 0 Å². The molecule has 200 valence electrons. The first kappa shape index (κ1) is 29.8. The Bertz CT molecular complexity index is 910. The van der Waals surface area contributed by atoms with Gasteiger partial charge in [0.25, 0.3) is 0 Å². The van der Waals surface area contributed by atoms with E-state index in [0.717, 1.165) is 0 Å². The van der Waals surface area contributed by atoms with Gasteiger partial charge in [0.15, 0.2) is 0 Å². The molecule has 0 spiro atoms. The summed E-state index contributed by atoms with van der Waals surface area (Å²) in [4.78, 5) is 0. The minimum atomic E-state index is -2.64. The quantitative estimate of drug-likeness (QED) is 0.175. The fourth-order valence-electron chi connectivity index (χ4n) is 5.34. The third-order valence-electron chi connectivity index (χ3n) is 7.27. The number of hydrogen-bond acceptors (Lipinski definition) is 6. The largest absolute Gasteiger partial charge is 0.361 e. The van der Waals surface area contributed by atoms with Gasteiger partial charge in [-0.2, -0.15) is 0 Å². The van der Waals surface area contributed by atoms with Crippen molar-refractivity contribution in [2.24, 2.45) is 0 Å². The Labute approximate surface area is 229 Å². The van der Waals surface area contributed by atoms with E-state index in [1.807, 2.05) is 18.2 Å². The van der Waals surface area contributed by atoms with E-state index in [4.69, 9.17) is 28.4 Å². The summed E-state index contributed by atoms with van der Waals surface area (Å²) in [6, 6.07) is 31.4. The molecule has 3 aromatic carbocycles. The first-order valence-electron chi connectivity index (χ1n) is 12.4. The lowest BCUT2D eigenvalue weighted by Crippen LogP contribution is -2.81. The summed E-state index contributed by atoms with van der Waals surface area (Å²) in [5, 5.41) is 0.950. The maximum Gasteiger partial charge on any atom is 0.230 e. The van der Waals surface area contributed by atoms with Crippen LogP contribution in [0.4, 0.5) is 0 Å². The smallest absolute Gasteiger partial charge is 0.230 e. The molecule has 0 bridgehead atoms. The summed E-state index contributed by atoms with van der Waals surface area (Å²) in [6.45, 7) is 0. The average Bonchev–Trinajstić information content (AvgIpc) is 2.97. The van der Waals surface area contributed by atoms with E-state index >= 15 is 0 Å². The molecule has 0 atom stereocenters. The van der Waals surface area contributed by atoms with E-state index in [2.05, 4.69) is 72.8 Å². The van der Waals surface area contributed by atoms with Crippen molar-refractivity contribution in [2.75, 3.05) is 42.7 Å². The fourth-order valence-corrected chi connectivity index (χ4v) is 25.6. The molecule has 0 saturated heterocycles. The van der Waals surface area contributed by atoms with Gasteiger partial charge in [-0.25, -0.2) is 0 Å². The lowest BCUT2D eigenvalue weighted by atomic mass is 10.4. The Morgan fingerprint density at radius 3 is 0.811 bits per heavy atom. The molecular weight excluding hydrogens is 533 g/mol. The molecule has 3 rings (SSSR count). The van der Waals surface area contributed by atoms with Crippen LogP contribution in [-0.2, 0) is 28.4 Å². The third-order valence-corrected chi connectivity index (χ3v) is 22.7. The van der Waals surface area contributed by atoms with Crippen LogP contribution < -0.4 is 15.6 Å². The highest BCUT2D eigenvalue weighted by atomic mass is 28.4. The molecule has 0 radical (unpaired) electrons. The molecule has 0 fully saturated rings. The molecular formula is C27H40O6Si4. The normalized spacial score (nSPS) is 14.4. The van der Waals surface area contributed by atoms with E-state index in [9.17, 15) is 0 Å². The second-order valence-electron chi connectivity index (χ2n) is 9.08. The molecule has 10 heteroatoms. The minimum absolute atomic E-state index is 0.914. The molecule has 6 nitrogen and oxygen atoms in total. The number of rotatable bonds is 15. The van der Waals surface area contributed by atoms with Gasteiger partial charge in [-0.15, -0.1) is 0 Å². The summed E-state index contributed by atoms with van der Waals surface area (Å²) < 4.78 is 38.8. The zero-order valence-electron chi connectivity index (χ0n) is 22.8. The highest BCUT2D eigenvalue weighted by Crippen LogP contribution is 2.35. The summed E-state index contributed by atoms with van der Waals surface area (Å²) in [5.74, 6) is 0. The highest BCUT2D eigenvalue weighted by Gasteiger charge is 2.65. The summed E-state index contributed by atoms with van der Waals surface area (Å²) in [6.07, 6.45) is 0. The topological polar surface area (TPSA) is 55.4 Å². The van der Waals surface area contributed by atoms with Crippen LogP contribution >= 0.6 is 0 Å². The van der Waals surface area contributed by atoms with E-state index in [1.165, 1.54) is 15.6 Å². The lowest BCUT2D eigenvalue weighted by molar-refractivity contribution is -0.162. The third kappa shape index (κ3) is 6.65. The first-order chi connectivity index (χ1) is 18.0. The maximum absolute atomic E-state index is 6.47. The average molecular weight is 573 g/mol. The number of methoxy groups -OCH3 is 6. The van der Waals surface area contributed by atoms with Crippen molar-refractivity contribution in [3.63, 3.8) is 0 Å². The number of benzene rings is 3. The van der Waals surface area contributed by atoms with Crippen molar-refractivity contribution >= 4 is 52.9 Å². The maximum atomic E-state index is 6.47. The Kier molecular flexibility index (Phi) is 11.2. The summed E-state index contributed by atoms with van der Waals surface area (Å²) >= 11 is 0. The van der Waals surface area contributed by atoms with Crippen LogP contribution in [0.2, 0.25) is 0 Å². The van der Waals surface area contributed by atoms with Crippen molar-refractivity contribution in [3.05, 3.63) is 91.0 Å². The van der Waals surface area contributed by atoms with Gasteiger partial charge in [0.2, 0.25) is 8.80 Å². The second kappa shape index (κ2) is 13.9. The molecule has 0 aliphatic rings. The second-order valence-corrected chi connectivity index (χ2v) is 21.5. The molecule has 0 amide bonds. The predicted molar refractivity (Wildman–Crippen MR) is 161 cm³/mol. The Hall–Kier alpha value is -1.71. The molecule has 0 heterocycles. The van der Waals surface area contributed by atoms with E-state index in [0.29, 0.717) is 0 Å². The van der Waals surface area contributed by atoms with Gasteiger partial charge in [0, 0.05) is 42.7 Å². The molecule has 0 aromatic heterocycles. The van der Waals surface area contributed by atoms with Crippen LogP contribution in [0, 0.1) is 0 Å². The fraction of sp³-hybridized carbons (Fsp3) is 0.333. The SMILES string of the molecule is COC(OC)([SiH2]c1ccccc1)[SiH](C(OC)(OC)[SiH2]c1ccccc1)C(OC)(OC)[SiH2]c1ccccc1. The van der Waals surface area contributed by atoms with Crippen LogP contribution in [0.1, 0.15) is 0 Å². The molecule has 0 unspecified atom stereocenters. The van der Waals surface area contributed by atoms with Crippen LogP contribution in [0.3, 0.4) is 0 Å². The predicted octanol–water partition coefficient (Wildman–Crippen LogP) is -0.846. The van der Waals surface area contributed by atoms with Crippen LogP contribution in [0.25, 0.3) is 0 Å². The minimum Gasteiger partial charge on any atom is -0.361 e. The Morgan fingerprint density at radius 1 is 0.405 bits per heavy atom. The first-order valence-corrected chi connectivity index (χ1v) is 18.4. The number of hydrogen-bond donors (Lipinski definition) is 0. The molecule has 37 heavy (non-hydrogen) atoms. The molecule has 0 saturated carbocycles. The van der Waals surface area contributed by atoms with Crippen molar-refractivity contribution < 1.29 is 28.4 Å². The monoisotopic (exact) mass is 572 g/mol. The molecule has 0 aliphatic heterocycles. The van der Waals surface area contributed by atoms with Gasteiger partial charge in [-0.1, -0.05) is 107 Å². The molecule has 3 aromatic rings. The van der Waals surface area contributed by atoms with E-state index < -0.39 is 52.5 Å². The zero-order valence-corrected chi connectivity index (χ0v) is 28.2. The van der Waals surface area contributed by atoms with Crippen molar-refractivity contribution in [1.82, 2.24) is 0 Å². The van der Waals surface area contributed by atoms with Gasteiger partial charge in [-0.3, -0.25) is 0 Å². The van der Waals surface area contributed by atoms with Gasteiger partial charge in [-0.05, 0) is 0 Å². The van der Waals surface area contributed by atoms with Crippen LogP contribution in [0.5, 0.6) is 0 Å². The lowest BCUT2D eigenvalue weighted by Gasteiger charge is -2.53. The van der Waals surface area contributed by atoms with Crippen molar-refractivity contribution in [1.29, 1.82) is 0 Å².